The molecule has 0 spiro atoms. The first-order valence-corrected chi connectivity index (χ1v) is 5.08. The molecule has 1 unspecified atom stereocenters. The minimum atomic E-state index is -0.187. The predicted molar refractivity (Wildman–Crippen MR) is 55.5 cm³/mol. The third kappa shape index (κ3) is 14.3. The number of nitrogens with two attached hydrogens (primary N) is 1. The molecule has 3 heteroatoms. The van der Waals surface area contributed by atoms with Crippen molar-refractivity contribution in [3.05, 3.63) is 0 Å². The van der Waals surface area contributed by atoms with Crippen LogP contribution >= 0.6 is 0 Å². The molecule has 0 bridgehead atoms. The van der Waals surface area contributed by atoms with Crippen molar-refractivity contribution in [3.8, 4) is 0 Å². The molecular weight excluding hydrogens is 166 g/mol. The summed E-state index contributed by atoms with van der Waals surface area (Å²) in [5.41, 5.74) is 5.40. The topological polar surface area (TPSA) is 52.3 Å². The Labute approximate surface area is 81.6 Å². The van der Waals surface area contributed by atoms with Crippen molar-refractivity contribution in [3.63, 3.8) is 0 Å². The van der Waals surface area contributed by atoms with Crippen LogP contribution < -0.4 is 5.73 Å². The van der Waals surface area contributed by atoms with E-state index in [-0.39, 0.29) is 12.0 Å². The lowest BCUT2D eigenvalue weighted by atomic mass is 10.2. The van der Waals surface area contributed by atoms with E-state index in [4.69, 9.17) is 10.5 Å². The molecule has 0 fully saturated rings. The maximum Gasteiger partial charge on any atom is 0.307 e. The second kappa shape index (κ2) is 11.4. The zero-order valence-electron chi connectivity index (χ0n) is 9.30. The first-order chi connectivity index (χ1) is 6.16. The highest BCUT2D eigenvalue weighted by molar-refractivity contribution is 5.69. The third-order valence-electron chi connectivity index (χ3n) is 1.25. The number of hydrogen-bond acceptors (Lipinski definition) is 3. The molecule has 80 valence electrons. The zero-order chi connectivity index (χ0) is 10.7. The van der Waals surface area contributed by atoms with E-state index in [1.165, 1.54) is 0 Å². The normalized spacial score (nSPS) is 11.2. The summed E-state index contributed by atoms with van der Waals surface area (Å²) in [4.78, 5) is 10.8. The summed E-state index contributed by atoms with van der Waals surface area (Å²) < 4.78 is 4.87. The van der Waals surface area contributed by atoms with Crippen LogP contribution in [0.15, 0.2) is 0 Å². The Bertz CT molecular complexity index is 113. The molecule has 0 amide bonds. The van der Waals surface area contributed by atoms with Gasteiger partial charge in [-0.15, -0.1) is 0 Å². The minimum absolute atomic E-state index is 0.0934. The summed E-state index contributed by atoms with van der Waals surface area (Å²) >= 11 is 0. The van der Waals surface area contributed by atoms with Gasteiger partial charge in [0.15, 0.2) is 0 Å². The molecule has 0 aliphatic rings. The van der Waals surface area contributed by atoms with E-state index in [1.807, 2.05) is 13.8 Å². The van der Waals surface area contributed by atoms with Gasteiger partial charge in [0.2, 0.25) is 0 Å². The molecular formula is C10H23NO2. The van der Waals surface area contributed by atoms with Crippen molar-refractivity contribution >= 4 is 5.97 Å². The van der Waals surface area contributed by atoms with Crippen LogP contribution in [0.2, 0.25) is 0 Å². The van der Waals surface area contributed by atoms with Crippen molar-refractivity contribution in [1.29, 1.82) is 0 Å². The fourth-order valence-corrected chi connectivity index (χ4v) is 0.652. The van der Waals surface area contributed by atoms with Crippen LogP contribution in [0.25, 0.3) is 0 Å². The second-order valence-corrected chi connectivity index (χ2v) is 2.76. The van der Waals surface area contributed by atoms with Gasteiger partial charge in [-0.25, -0.2) is 0 Å². The van der Waals surface area contributed by atoms with E-state index in [0.717, 1.165) is 12.8 Å². The Morgan fingerprint density at radius 3 is 2.38 bits per heavy atom. The maximum atomic E-state index is 10.8. The summed E-state index contributed by atoms with van der Waals surface area (Å²) in [5, 5.41) is 0. The van der Waals surface area contributed by atoms with Gasteiger partial charge >= 0.3 is 5.97 Å². The van der Waals surface area contributed by atoms with E-state index in [2.05, 4.69) is 6.92 Å². The Kier molecular flexibility index (Phi) is 13.1. The first-order valence-electron chi connectivity index (χ1n) is 5.08. The van der Waals surface area contributed by atoms with Crippen molar-refractivity contribution in [2.75, 3.05) is 6.61 Å². The van der Waals surface area contributed by atoms with Crippen LogP contribution in [0.1, 0.15) is 47.0 Å². The molecule has 0 aliphatic heterocycles. The average molecular weight is 189 g/mol. The molecule has 3 nitrogen and oxygen atoms in total. The Morgan fingerprint density at radius 2 is 2.00 bits per heavy atom. The highest BCUT2D eigenvalue weighted by atomic mass is 16.5. The van der Waals surface area contributed by atoms with Crippen LogP contribution in [-0.2, 0) is 9.53 Å². The number of esters is 1. The van der Waals surface area contributed by atoms with Crippen molar-refractivity contribution < 1.29 is 9.53 Å². The number of ether oxygens (including phenoxy) is 1. The molecule has 0 saturated heterocycles. The smallest absolute Gasteiger partial charge is 0.307 e. The van der Waals surface area contributed by atoms with Gasteiger partial charge in [-0.1, -0.05) is 27.2 Å². The lowest BCUT2D eigenvalue weighted by molar-refractivity contribution is -0.144. The molecule has 0 heterocycles. The van der Waals surface area contributed by atoms with Gasteiger partial charge in [-0.2, -0.15) is 0 Å². The van der Waals surface area contributed by atoms with E-state index in [0.29, 0.717) is 13.0 Å². The summed E-state index contributed by atoms with van der Waals surface area (Å²) in [5.74, 6) is -0.187. The third-order valence-corrected chi connectivity index (χ3v) is 1.25. The lowest BCUT2D eigenvalue weighted by Crippen LogP contribution is -2.21. The summed E-state index contributed by atoms with van der Waals surface area (Å²) in [7, 11) is 0. The SMILES string of the molecule is CC.CCCCOC(=O)CC(C)N. The van der Waals surface area contributed by atoms with Gasteiger partial charge in [0.05, 0.1) is 13.0 Å². The van der Waals surface area contributed by atoms with E-state index in [1.54, 1.807) is 6.92 Å². The summed E-state index contributed by atoms with van der Waals surface area (Å²) in [6, 6.07) is -0.0934. The zero-order valence-corrected chi connectivity index (χ0v) is 9.30. The van der Waals surface area contributed by atoms with Crippen LogP contribution in [0.4, 0.5) is 0 Å². The quantitative estimate of drug-likeness (QED) is 0.532. The number of carbonyl (C=O) groups excluding carboxylic acids is 1. The van der Waals surface area contributed by atoms with Crippen molar-refractivity contribution in [2.24, 2.45) is 5.73 Å². The van der Waals surface area contributed by atoms with E-state index >= 15 is 0 Å². The maximum absolute atomic E-state index is 10.8. The Hall–Kier alpha value is -0.570. The van der Waals surface area contributed by atoms with Gasteiger partial charge < -0.3 is 10.5 Å². The van der Waals surface area contributed by atoms with E-state index < -0.39 is 0 Å². The molecule has 0 aliphatic carbocycles. The number of rotatable bonds is 5. The standard InChI is InChI=1S/C8H17NO2.C2H6/c1-3-4-5-11-8(10)6-7(2)9;1-2/h7H,3-6,9H2,1-2H3;1-2H3. The van der Waals surface area contributed by atoms with Crippen LogP contribution in [0.3, 0.4) is 0 Å². The highest BCUT2D eigenvalue weighted by Crippen LogP contribution is 1.93. The largest absolute Gasteiger partial charge is 0.466 e. The van der Waals surface area contributed by atoms with Gasteiger partial charge in [0.1, 0.15) is 0 Å². The minimum Gasteiger partial charge on any atom is -0.466 e. The highest BCUT2D eigenvalue weighted by Gasteiger charge is 2.04. The molecule has 13 heavy (non-hydrogen) atoms. The molecule has 1 atom stereocenters. The second-order valence-electron chi connectivity index (χ2n) is 2.76. The number of hydrogen-bond donors (Lipinski definition) is 1. The van der Waals surface area contributed by atoms with Gasteiger partial charge in [0.25, 0.3) is 0 Å². The van der Waals surface area contributed by atoms with Crippen LogP contribution in [0.5, 0.6) is 0 Å². The molecule has 0 saturated carbocycles. The fraction of sp³-hybridized carbons (Fsp3) is 0.900. The summed E-state index contributed by atoms with van der Waals surface area (Å²) in [6.07, 6.45) is 2.31. The number of carbonyl (C=O) groups is 1. The number of unbranched alkanes of at least 4 members (excludes halogenated alkanes) is 1. The Morgan fingerprint density at radius 1 is 1.46 bits per heavy atom. The molecule has 0 aromatic heterocycles. The van der Waals surface area contributed by atoms with Gasteiger partial charge in [-0.3, -0.25) is 4.79 Å². The monoisotopic (exact) mass is 189 g/mol. The van der Waals surface area contributed by atoms with Crippen molar-refractivity contribution in [2.45, 2.75) is 53.0 Å². The molecule has 2 N–H and O–H groups in total. The van der Waals surface area contributed by atoms with Crippen molar-refractivity contribution in [1.82, 2.24) is 0 Å². The summed E-state index contributed by atoms with van der Waals surface area (Å²) in [6.45, 7) is 8.38. The molecule has 0 aromatic carbocycles. The van der Waals surface area contributed by atoms with Gasteiger partial charge in [-0.05, 0) is 13.3 Å². The predicted octanol–water partition coefficient (Wildman–Crippen LogP) is 2.09. The molecule has 0 rings (SSSR count). The average Bonchev–Trinajstić information content (AvgIpc) is 2.07. The first kappa shape index (κ1) is 14.9. The molecule has 0 aromatic rings. The molecule has 0 radical (unpaired) electrons. The Balaban J connectivity index is 0. The van der Waals surface area contributed by atoms with Crippen LogP contribution in [0, 0.1) is 0 Å². The lowest BCUT2D eigenvalue weighted by Gasteiger charge is -2.05. The van der Waals surface area contributed by atoms with E-state index in [9.17, 15) is 4.79 Å². The van der Waals surface area contributed by atoms with Crippen LogP contribution in [-0.4, -0.2) is 18.6 Å². The fourth-order valence-electron chi connectivity index (χ4n) is 0.652. The van der Waals surface area contributed by atoms with Gasteiger partial charge in [0, 0.05) is 6.04 Å².